The molecule has 1 heterocycles. The lowest BCUT2D eigenvalue weighted by Gasteiger charge is -2.21. The van der Waals surface area contributed by atoms with Crippen LogP contribution in [0.3, 0.4) is 0 Å². The average Bonchev–Trinajstić information content (AvgIpc) is 2.75. The van der Waals surface area contributed by atoms with Gasteiger partial charge in [0.2, 0.25) is 10.0 Å². The Morgan fingerprint density at radius 2 is 2.00 bits per heavy atom. The number of rotatable bonds is 3. The van der Waals surface area contributed by atoms with Gasteiger partial charge in [0.1, 0.15) is 6.04 Å². The molecule has 0 radical (unpaired) electrons. The number of carboxylic acid groups (broad SMARTS) is 1. The maximum absolute atomic E-state index is 12.6. The van der Waals surface area contributed by atoms with E-state index in [1.807, 2.05) is 0 Å². The first-order chi connectivity index (χ1) is 9.23. The Morgan fingerprint density at radius 3 is 2.60 bits per heavy atom. The van der Waals surface area contributed by atoms with E-state index in [1.54, 1.807) is 12.1 Å². The van der Waals surface area contributed by atoms with Gasteiger partial charge in [-0.15, -0.1) is 0 Å². The van der Waals surface area contributed by atoms with Crippen LogP contribution in [0.25, 0.3) is 0 Å². The first-order valence-electron chi connectivity index (χ1n) is 5.61. The average molecular weight is 429 g/mol. The second-order valence-corrected chi connectivity index (χ2v) is 8.02. The van der Waals surface area contributed by atoms with Crippen LogP contribution < -0.4 is 0 Å². The number of aliphatic carboxylic acids is 1. The molecule has 2 atom stereocenters. The van der Waals surface area contributed by atoms with Crippen molar-refractivity contribution in [3.63, 3.8) is 0 Å². The molecule has 2 N–H and O–H groups in total. The molecule has 1 aromatic rings. The summed E-state index contributed by atoms with van der Waals surface area (Å²) in [5, 5.41) is 18.7. The molecule has 0 spiro atoms. The maximum atomic E-state index is 12.6. The summed E-state index contributed by atoms with van der Waals surface area (Å²) in [4.78, 5) is 11.1. The fourth-order valence-corrected chi connectivity index (χ4v) is 5.17. The monoisotopic (exact) mass is 427 g/mol. The molecule has 1 aliphatic heterocycles. The molecule has 0 amide bonds. The second-order valence-electron chi connectivity index (χ2n) is 4.39. The molecule has 20 heavy (non-hydrogen) atoms. The Kier molecular flexibility index (Phi) is 4.55. The number of carboxylic acids is 1. The van der Waals surface area contributed by atoms with E-state index in [1.165, 1.54) is 6.07 Å². The van der Waals surface area contributed by atoms with Crippen molar-refractivity contribution < 1.29 is 23.4 Å². The highest BCUT2D eigenvalue weighted by Crippen LogP contribution is 2.32. The molecule has 6 nitrogen and oxygen atoms in total. The Balaban J connectivity index is 2.49. The SMILES string of the molecule is O=C(O)[C@@H]1CC(O)CN1S(=O)(=O)c1cc(Br)ccc1Br. The fraction of sp³-hybridized carbons (Fsp3) is 0.364. The Labute approximate surface area is 132 Å². The zero-order valence-corrected chi connectivity index (χ0v) is 14.0. The van der Waals surface area contributed by atoms with Gasteiger partial charge in [0.25, 0.3) is 0 Å². The lowest BCUT2D eigenvalue weighted by molar-refractivity contribution is -0.140. The number of sulfonamides is 1. The molecule has 1 aliphatic rings. The normalized spacial score (nSPS) is 23.9. The molecule has 2 rings (SSSR count). The van der Waals surface area contributed by atoms with E-state index < -0.39 is 28.1 Å². The van der Waals surface area contributed by atoms with E-state index in [2.05, 4.69) is 31.9 Å². The van der Waals surface area contributed by atoms with Gasteiger partial charge in [-0.05, 0) is 34.1 Å². The first-order valence-corrected chi connectivity index (χ1v) is 8.64. The minimum atomic E-state index is -4.00. The van der Waals surface area contributed by atoms with Gasteiger partial charge in [0.15, 0.2) is 0 Å². The van der Waals surface area contributed by atoms with Gasteiger partial charge in [0, 0.05) is 21.9 Å². The van der Waals surface area contributed by atoms with Crippen LogP contribution in [0.4, 0.5) is 0 Å². The van der Waals surface area contributed by atoms with E-state index in [4.69, 9.17) is 5.11 Å². The highest BCUT2D eigenvalue weighted by molar-refractivity contribution is 9.11. The van der Waals surface area contributed by atoms with Crippen molar-refractivity contribution in [3.05, 3.63) is 27.1 Å². The number of benzene rings is 1. The molecule has 0 saturated carbocycles. The van der Waals surface area contributed by atoms with Crippen molar-refractivity contribution >= 4 is 47.9 Å². The summed E-state index contributed by atoms with van der Waals surface area (Å²) in [6.07, 6.45) is -1.09. The quantitative estimate of drug-likeness (QED) is 0.759. The predicted molar refractivity (Wildman–Crippen MR) is 77.8 cm³/mol. The molecule has 1 aromatic carbocycles. The molecular weight excluding hydrogens is 418 g/mol. The van der Waals surface area contributed by atoms with E-state index in [9.17, 15) is 18.3 Å². The van der Waals surface area contributed by atoms with Gasteiger partial charge < -0.3 is 10.2 Å². The highest BCUT2D eigenvalue weighted by atomic mass is 79.9. The van der Waals surface area contributed by atoms with Gasteiger partial charge in [-0.1, -0.05) is 15.9 Å². The van der Waals surface area contributed by atoms with Crippen LogP contribution in [0.2, 0.25) is 0 Å². The number of β-amino-alcohol motifs (C(OH)–C–C–N with tert-alkyl or cyclic N) is 1. The molecule has 1 fully saturated rings. The van der Waals surface area contributed by atoms with Crippen molar-refractivity contribution in [3.8, 4) is 0 Å². The molecule has 0 aliphatic carbocycles. The van der Waals surface area contributed by atoms with Crippen LogP contribution in [0.1, 0.15) is 6.42 Å². The van der Waals surface area contributed by atoms with Crippen LogP contribution in [-0.2, 0) is 14.8 Å². The summed E-state index contributed by atoms with van der Waals surface area (Å²) < 4.78 is 26.9. The van der Waals surface area contributed by atoms with Crippen molar-refractivity contribution in [2.75, 3.05) is 6.54 Å². The smallest absolute Gasteiger partial charge is 0.322 e. The molecule has 0 bridgehead atoms. The number of aliphatic hydroxyl groups excluding tert-OH is 1. The van der Waals surface area contributed by atoms with Gasteiger partial charge in [-0.2, -0.15) is 4.31 Å². The Bertz CT molecular complexity index is 648. The topological polar surface area (TPSA) is 94.9 Å². The summed E-state index contributed by atoms with van der Waals surface area (Å²) in [7, 11) is -4.00. The van der Waals surface area contributed by atoms with E-state index in [-0.39, 0.29) is 17.9 Å². The van der Waals surface area contributed by atoms with Crippen LogP contribution in [-0.4, -0.2) is 47.6 Å². The lowest BCUT2D eigenvalue weighted by Crippen LogP contribution is -2.40. The maximum Gasteiger partial charge on any atom is 0.322 e. The number of halogens is 2. The summed E-state index contributed by atoms with van der Waals surface area (Å²) in [6, 6.07) is 3.36. The number of aliphatic hydroxyl groups is 1. The van der Waals surface area contributed by atoms with Crippen LogP contribution in [0.5, 0.6) is 0 Å². The standard InChI is InChI=1S/C11H11Br2NO5S/c12-6-1-2-8(13)10(3-6)20(18,19)14-5-7(15)4-9(14)11(16)17/h1-3,7,9,15H,4-5H2,(H,16,17)/t7?,9-/m0/s1. The minimum absolute atomic E-state index is 0.0350. The van der Waals surface area contributed by atoms with Crippen molar-refractivity contribution in [1.29, 1.82) is 0 Å². The summed E-state index contributed by atoms with van der Waals surface area (Å²) in [5.74, 6) is -1.27. The van der Waals surface area contributed by atoms with Gasteiger partial charge >= 0.3 is 5.97 Å². The summed E-state index contributed by atoms with van der Waals surface area (Å²) in [6.45, 7) is -0.224. The second kappa shape index (κ2) is 5.72. The van der Waals surface area contributed by atoms with Crippen LogP contribution in [0.15, 0.2) is 32.0 Å². The zero-order chi connectivity index (χ0) is 15.1. The molecule has 0 aromatic heterocycles. The predicted octanol–water partition coefficient (Wildman–Crippen LogP) is 1.42. The number of carbonyl (C=O) groups is 1. The lowest BCUT2D eigenvalue weighted by atomic mass is 10.2. The summed E-state index contributed by atoms with van der Waals surface area (Å²) >= 11 is 6.33. The fourth-order valence-electron chi connectivity index (χ4n) is 2.08. The molecule has 110 valence electrons. The largest absolute Gasteiger partial charge is 0.480 e. The Morgan fingerprint density at radius 1 is 1.35 bits per heavy atom. The first kappa shape index (κ1) is 15.9. The number of hydrogen-bond acceptors (Lipinski definition) is 4. The van der Waals surface area contributed by atoms with Crippen molar-refractivity contribution in [2.24, 2.45) is 0 Å². The number of nitrogens with zero attached hydrogens (tertiary/aromatic N) is 1. The third-order valence-electron chi connectivity index (χ3n) is 3.00. The Hall–Kier alpha value is -0.480. The molecule has 9 heteroatoms. The molecular formula is C11H11Br2NO5S. The van der Waals surface area contributed by atoms with Gasteiger partial charge in [0.05, 0.1) is 11.0 Å². The highest BCUT2D eigenvalue weighted by Gasteiger charge is 2.44. The van der Waals surface area contributed by atoms with Gasteiger partial charge in [-0.3, -0.25) is 4.79 Å². The van der Waals surface area contributed by atoms with Crippen LogP contribution in [0, 0.1) is 0 Å². The number of hydrogen-bond donors (Lipinski definition) is 2. The molecule has 1 unspecified atom stereocenters. The third-order valence-corrected chi connectivity index (χ3v) is 6.36. The minimum Gasteiger partial charge on any atom is -0.480 e. The van der Waals surface area contributed by atoms with E-state index in [0.29, 0.717) is 8.95 Å². The third kappa shape index (κ3) is 2.91. The van der Waals surface area contributed by atoms with E-state index in [0.717, 1.165) is 4.31 Å². The van der Waals surface area contributed by atoms with Crippen LogP contribution >= 0.6 is 31.9 Å². The van der Waals surface area contributed by atoms with E-state index >= 15 is 0 Å². The van der Waals surface area contributed by atoms with Crippen molar-refractivity contribution in [1.82, 2.24) is 4.31 Å². The van der Waals surface area contributed by atoms with Crippen molar-refractivity contribution in [2.45, 2.75) is 23.5 Å². The zero-order valence-electron chi connectivity index (χ0n) is 10.0. The molecule has 1 saturated heterocycles. The summed E-state index contributed by atoms with van der Waals surface area (Å²) in [5.41, 5.74) is 0. The van der Waals surface area contributed by atoms with Gasteiger partial charge in [-0.25, -0.2) is 8.42 Å².